The molecule has 0 spiro atoms. The molecule has 0 aliphatic rings. The van der Waals surface area contributed by atoms with E-state index in [1.807, 2.05) is 19.1 Å². The van der Waals surface area contributed by atoms with Crippen LogP contribution in [0.15, 0.2) is 30.3 Å². The third kappa shape index (κ3) is 2.97. The lowest BCUT2D eigenvalue weighted by Gasteiger charge is -1.94. The Kier molecular flexibility index (Phi) is 3.79. The van der Waals surface area contributed by atoms with E-state index in [1.165, 1.54) is 11.3 Å². The summed E-state index contributed by atoms with van der Waals surface area (Å²) in [5, 5.41) is 10.1. The van der Waals surface area contributed by atoms with Crippen LogP contribution in [0.25, 0.3) is 16.6 Å². The molecule has 1 N–H and O–H groups in total. The smallest absolute Gasteiger partial charge is 0.328 e. The van der Waals surface area contributed by atoms with Crippen molar-refractivity contribution in [2.24, 2.45) is 0 Å². The molecule has 0 atom stereocenters. The Balaban J connectivity index is 2.34. The minimum atomic E-state index is -0.962. The first-order valence-corrected chi connectivity index (χ1v) is 6.40. The van der Waals surface area contributed by atoms with Crippen LogP contribution in [0.1, 0.15) is 10.6 Å². The lowest BCUT2D eigenvalue weighted by molar-refractivity contribution is -0.131. The van der Waals surface area contributed by atoms with Crippen molar-refractivity contribution in [2.45, 2.75) is 6.92 Å². The van der Waals surface area contributed by atoms with Crippen molar-refractivity contribution in [2.75, 3.05) is 0 Å². The zero-order valence-electron chi connectivity index (χ0n) is 9.55. The van der Waals surface area contributed by atoms with Crippen LogP contribution in [-0.4, -0.2) is 16.1 Å². The molecule has 2 aromatic rings. The first-order valence-electron chi connectivity index (χ1n) is 5.20. The Labute approximate surface area is 113 Å². The third-order valence-electron chi connectivity index (χ3n) is 2.30. The third-order valence-corrected chi connectivity index (χ3v) is 3.72. The molecule has 0 saturated carbocycles. The number of nitrogens with zero attached hydrogens (tertiary/aromatic N) is 1. The van der Waals surface area contributed by atoms with Gasteiger partial charge in [-0.2, -0.15) is 0 Å². The molecule has 0 fully saturated rings. The lowest BCUT2D eigenvalue weighted by Crippen LogP contribution is -1.85. The van der Waals surface area contributed by atoms with E-state index in [4.69, 9.17) is 16.7 Å². The number of thiazole rings is 1. The highest BCUT2D eigenvalue weighted by Gasteiger charge is 2.07. The lowest BCUT2D eigenvalue weighted by atomic mass is 10.2. The molecular weight excluding hydrogens is 270 g/mol. The molecule has 1 aromatic heterocycles. The van der Waals surface area contributed by atoms with E-state index in [0.717, 1.165) is 27.2 Å². The second-order valence-corrected chi connectivity index (χ2v) is 5.11. The quantitative estimate of drug-likeness (QED) is 0.868. The van der Waals surface area contributed by atoms with Gasteiger partial charge in [0.25, 0.3) is 0 Å². The number of benzene rings is 1. The fourth-order valence-corrected chi connectivity index (χ4v) is 2.53. The Morgan fingerprint density at radius 3 is 2.67 bits per heavy atom. The number of aliphatic carboxylic acids is 1. The molecule has 0 bridgehead atoms. The molecule has 1 heterocycles. The maximum absolute atomic E-state index is 10.5. The molecule has 0 saturated heterocycles. The zero-order valence-corrected chi connectivity index (χ0v) is 11.1. The summed E-state index contributed by atoms with van der Waals surface area (Å²) in [6.07, 6.45) is 2.68. The van der Waals surface area contributed by atoms with Gasteiger partial charge in [-0.25, -0.2) is 9.78 Å². The van der Waals surface area contributed by atoms with Crippen LogP contribution in [0.2, 0.25) is 5.02 Å². The number of halogens is 1. The second kappa shape index (κ2) is 5.33. The summed E-state index contributed by atoms with van der Waals surface area (Å²) in [5.74, 6) is -0.962. The summed E-state index contributed by atoms with van der Waals surface area (Å²) in [5.41, 5.74) is 1.80. The number of rotatable bonds is 3. The van der Waals surface area contributed by atoms with E-state index in [1.54, 1.807) is 18.2 Å². The Hall–Kier alpha value is -1.65. The van der Waals surface area contributed by atoms with Gasteiger partial charge in [0.2, 0.25) is 0 Å². The highest BCUT2D eigenvalue weighted by molar-refractivity contribution is 7.16. The first kappa shape index (κ1) is 12.8. The van der Waals surface area contributed by atoms with E-state index in [9.17, 15) is 4.79 Å². The van der Waals surface area contributed by atoms with E-state index in [-0.39, 0.29) is 0 Å². The van der Waals surface area contributed by atoms with Crippen LogP contribution in [0.4, 0.5) is 0 Å². The van der Waals surface area contributed by atoms with Gasteiger partial charge in [-0.1, -0.05) is 23.7 Å². The van der Waals surface area contributed by atoms with Crippen LogP contribution >= 0.6 is 22.9 Å². The minimum Gasteiger partial charge on any atom is -0.478 e. The van der Waals surface area contributed by atoms with Crippen molar-refractivity contribution >= 4 is 35.0 Å². The number of hydrogen-bond acceptors (Lipinski definition) is 3. The van der Waals surface area contributed by atoms with Gasteiger partial charge in [0, 0.05) is 16.7 Å². The molecule has 1 aromatic carbocycles. The van der Waals surface area contributed by atoms with Gasteiger partial charge in [0.1, 0.15) is 5.01 Å². The molecule has 3 nitrogen and oxygen atoms in total. The number of aromatic nitrogens is 1. The molecule has 0 amide bonds. The summed E-state index contributed by atoms with van der Waals surface area (Å²) in [6.45, 7) is 1.86. The van der Waals surface area contributed by atoms with Crippen molar-refractivity contribution in [3.63, 3.8) is 0 Å². The monoisotopic (exact) mass is 279 g/mol. The van der Waals surface area contributed by atoms with Gasteiger partial charge in [-0.3, -0.25) is 0 Å². The minimum absolute atomic E-state index is 0.679. The number of aryl methyl sites for hydroxylation is 1. The van der Waals surface area contributed by atoms with Crippen molar-refractivity contribution < 1.29 is 9.90 Å². The first-order chi connectivity index (χ1) is 8.56. The van der Waals surface area contributed by atoms with Gasteiger partial charge < -0.3 is 5.11 Å². The van der Waals surface area contributed by atoms with Crippen LogP contribution in [0.3, 0.4) is 0 Å². The zero-order chi connectivity index (χ0) is 13.1. The largest absolute Gasteiger partial charge is 0.478 e. The molecule has 92 valence electrons. The molecule has 0 aliphatic carbocycles. The maximum atomic E-state index is 10.5. The Morgan fingerprint density at radius 1 is 1.39 bits per heavy atom. The normalized spacial score (nSPS) is 11.0. The van der Waals surface area contributed by atoms with Gasteiger partial charge >= 0.3 is 5.97 Å². The summed E-state index contributed by atoms with van der Waals surface area (Å²) < 4.78 is 0. The fraction of sp³-hybridized carbons (Fsp3) is 0.0769. The van der Waals surface area contributed by atoms with Crippen molar-refractivity contribution in [3.8, 4) is 10.6 Å². The highest BCUT2D eigenvalue weighted by atomic mass is 35.5. The molecule has 2 rings (SSSR count). The van der Waals surface area contributed by atoms with Gasteiger partial charge in [0.05, 0.1) is 10.6 Å². The highest BCUT2D eigenvalue weighted by Crippen LogP contribution is 2.29. The molecule has 0 aliphatic heterocycles. The standard InChI is InChI=1S/C13H10ClNO2S/c1-8-11(6-7-12(16)17)18-13(15-8)9-2-4-10(14)5-3-9/h2-7H,1H3,(H,16,17)/b7-6+. The summed E-state index contributed by atoms with van der Waals surface area (Å²) in [6, 6.07) is 7.40. The number of carboxylic acids is 1. The summed E-state index contributed by atoms with van der Waals surface area (Å²) >= 11 is 7.28. The SMILES string of the molecule is Cc1nc(-c2ccc(Cl)cc2)sc1/C=C/C(=O)O. The number of carboxylic acid groups (broad SMARTS) is 1. The number of hydrogen-bond donors (Lipinski definition) is 1. The Morgan fingerprint density at radius 2 is 2.06 bits per heavy atom. The van der Waals surface area contributed by atoms with Crippen LogP contribution in [0, 0.1) is 6.92 Å². The van der Waals surface area contributed by atoms with Crippen molar-refractivity contribution in [1.29, 1.82) is 0 Å². The average molecular weight is 280 g/mol. The molecule has 18 heavy (non-hydrogen) atoms. The van der Waals surface area contributed by atoms with Gasteiger partial charge in [-0.05, 0) is 25.1 Å². The summed E-state index contributed by atoms with van der Waals surface area (Å²) in [7, 11) is 0. The molecule has 0 radical (unpaired) electrons. The Bertz CT molecular complexity index is 602. The molecule has 0 unspecified atom stereocenters. The fourth-order valence-electron chi connectivity index (χ4n) is 1.43. The number of carbonyl (C=O) groups is 1. The van der Waals surface area contributed by atoms with E-state index >= 15 is 0 Å². The van der Waals surface area contributed by atoms with E-state index < -0.39 is 5.97 Å². The second-order valence-electron chi connectivity index (χ2n) is 3.65. The van der Waals surface area contributed by atoms with Gasteiger partial charge in [0.15, 0.2) is 0 Å². The summed E-state index contributed by atoms with van der Waals surface area (Å²) in [4.78, 5) is 15.8. The predicted molar refractivity (Wildman–Crippen MR) is 74.0 cm³/mol. The predicted octanol–water partition coefficient (Wildman–Crippen LogP) is 3.87. The van der Waals surface area contributed by atoms with Crippen LogP contribution in [-0.2, 0) is 4.79 Å². The maximum Gasteiger partial charge on any atom is 0.328 e. The van der Waals surface area contributed by atoms with Gasteiger partial charge in [-0.15, -0.1) is 11.3 Å². The average Bonchev–Trinajstić information content (AvgIpc) is 2.69. The van der Waals surface area contributed by atoms with Crippen molar-refractivity contribution in [3.05, 3.63) is 45.9 Å². The topological polar surface area (TPSA) is 50.2 Å². The van der Waals surface area contributed by atoms with Crippen LogP contribution in [0.5, 0.6) is 0 Å². The van der Waals surface area contributed by atoms with Crippen LogP contribution < -0.4 is 0 Å². The molecular formula is C13H10ClNO2S. The van der Waals surface area contributed by atoms with Crippen molar-refractivity contribution in [1.82, 2.24) is 4.98 Å². The van der Waals surface area contributed by atoms with E-state index in [2.05, 4.69) is 4.98 Å². The van der Waals surface area contributed by atoms with E-state index in [0.29, 0.717) is 5.02 Å². The molecule has 5 heteroatoms.